The topological polar surface area (TPSA) is 90.1 Å². The van der Waals surface area contributed by atoms with Crippen molar-refractivity contribution in [3.8, 4) is 6.07 Å². The van der Waals surface area contributed by atoms with E-state index >= 15 is 0 Å². The highest BCUT2D eigenvalue weighted by Crippen LogP contribution is 2.25. The van der Waals surface area contributed by atoms with Gasteiger partial charge in [-0.05, 0) is 38.7 Å². The number of rotatable bonds is 4. The maximum atomic E-state index is 10.7. The molecular weight excluding hydrogens is 256 g/mol. The predicted molar refractivity (Wildman–Crippen MR) is 73.3 cm³/mol. The van der Waals surface area contributed by atoms with Crippen molar-refractivity contribution in [1.82, 2.24) is 9.97 Å². The number of nitriles is 1. The number of carboxylic acids is 1. The van der Waals surface area contributed by atoms with Crippen molar-refractivity contribution in [3.05, 3.63) is 17.5 Å². The first-order valence-electron chi connectivity index (χ1n) is 6.84. The number of piperidine rings is 1. The summed E-state index contributed by atoms with van der Waals surface area (Å²) in [6, 6.07) is 3.84. The van der Waals surface area contributed by atoms with Crippen LogP contribution in [0.1, 0.15) is 43.5 Å². The lowest BCUT2D eigenvalue weighted by molar-refractivity contribution is -0.137. The van der Waals surface area contributed by atoms with Crippen molar-refractivity contribution in [3.63, 3.8) is 0 Å². The summed E-state index contributed by atoms with van der Waals surface area (Å²) >= 11 is 0. The Hall–Kier alpha value is -2.16. The molecule has 1 aromatic rings. The van der Waals surface area contributed by atoms with Crippen molar-refractivity contribution < 1.29 is 9.90 Å². The molecule has 1 saturated heterocycles. The Bertz CT molecular complexity index is 538. The largest absolute Gasteiger partial charge is 0.481 e. The minimum absolute atomic E-state index is 0.146. The molecule has 20 heavy (non-hydrogen) atoms. The van der Waals surface area contributed by atoms with Crippen LogP contribution in [0.2, 0.25) is 0 Å². The second-order valence-corrected chi connectivity index (χ2v) is 5.08. The van der Waals surface area contributed by atoms with Crippen LogP contribution >= 0.6 is 0 Å². The third-order valence-corrected chi connectivity index (χ3v) is 3.53. The van der Waals surface area contributed by atoms with Crippen LogP contribution in [-0.2, 0) is 4.79 Å². The summed E-state index contributed by atoms with van der Waals surface area (Å²) in [6.45, 7) is 2.65. The van der Waals surface area contributed by atoms with Gasteiger partial charge in [-0.25, -0.2) is 9.97 Å². The number of aromatic nitrogens is 2. The zero-order valence-electron chi connectivity index (χ0n) is 11.5. The molecule has 1 N–H and O–H groups in total. The molecule has 2 heterocycles. The van der Waals surface area contributed by atoms with Gasteiger partial charge in [0, 0.05) is 24.7 Å². The highest BCUT2D eigenvalue weighted by molar-refractivity contribution is 5.66. The summed E-state index contributed by atoms with van der Waals surface area (Å²) in [4.78, 5) is 21.5. The number of hydrogen-bond donors (Lipinski definition) is 1. The van der Waals surface area contributed by atoms with Crippen molar-refractivity contribution >= 4 is 11.9 Å². The minimum Gasteiger partial charge on any atom is -0.481 e. The monoisotopic (exact) mass is 274 g/mol. The van der Waals surface area contributed by atoms with E-state index in [0.29, 0.717) is 18.1 Å². The normalized spacial score (nSPS) is 18.6. The van der Waals surface area contributed by atoms with E-state index in [0.717, 1.165) is 31.5 Å². The van der Waals surface area contributed by atoms with Gasteiger partial charge in [0.2, 0.25) is 5.95 Å². The van der Waals surface area contributed by atoms with E-state index in [2.05, 4.69) is 14.9 Å². The maximum absolute atomic E-state index is 10.7. The molecule has 0 amide bonds. The van der Waals surface area contributed by atoms with E-state index in [9.17, 15) is 4.79 Å². The zero-order valence-corrected chi connectivity index (χ0v) is 11.5. The van der Waals surface area contributed by atoms with Crippen LogP contribution < -0.4 is 4.90 Å². The highest BCUT2D eigenvalue weighted by atomic mass is 16.4. The van der Waals surface area contributed by atoms with Crippen molar-refractivity contribution in [2.24, 2.45) is 0 Å². The molecular formula is C14H18N4O2. The standard InChI is InChI=1S/C14H18N4O2/c1-10-8-11(9-15)17-14(16-10)18-7-3-2-4-12(18)5-6-13(19)20/h8,12H,2-7H2,1H3,(H,19,20). The minimum atomic E-state index is -0.779. The first kappa shape index (κ1) is 14.3. The lowest BCUT2D eigenvalue weighted by Gasteiger charge is -2.35. The Morgan fingerprint density at radius 1 is 1.55 bits per heavy atom. The van der Waals surface area contributed by atoms with E-state index in [1.807, 2.05) is 13.0 Å². The van der Waals surface area contributed by atoms with Crippen LogP contribution in [0.3, 0.4) is 0 Å². The van der Waals surface area contributed by atoms with Crippen LogP contribution in [0, 0.1) is 18.3 Å². The number of anilines is 1. The van der Waals surface area contributed by atoms with Crippen LogP contribution in [0.5, 0.6) is 0 Å². The molecule has 2 rings (SSSR count). The summed E-state index contributed by atoms with van der Waals surface area (Å²) in [6.07, 6.45) is 3.83. The Kier molecular flexibility index (Phi) is 4.51. The molecule has 1 aliphatic rings. The van der Waals surface area contributed by atoms with E-state index in [4.69, 9.17) is 10.4 Å². The second kappa shape index (κ2) is 6.33. The molecule has 1 atom stereocenters. The number of aryl methyl sites for hydroxylation is 1. The predicted octanol–water partition coefficient (Wildman–Crippen LogP) is 1.88. The molecule has 1 aromatic heterocycles. The zero-order chi connectivity index (χ0) is 14.5. The van der Waals surface area contributed by atoms with E-state index in [-0.39, 0.29) is 12.5 Å². The number of hydrogen-bond acceptors (Lipinski definition) is 5. The summed E-state index contributed by atoms with van der Waals surface area (Å²) in [5, 5.41) is 17.8. The summed E-state index contributed by atoms with van der Waals surface area (Å²) in [7, 11) is 0. The first-order valence-corrected chi connectivity index (χ1v) is 6.84. The quantitative estimate of drug-likeness (QED) is 0.901. The van der Waals surface area contributed by atoms with Crippen molar-refractivity contribution in [1.29, 1.82) is 5.26 Å². The summed E-state index contributed by atoms with van der Waals surface area (Å²) in [5.41, 5.74) is 1.11. The van der Waals surface area contributed by atoms with E-state index in [1.165, 1.54) is 0 Å². The Morgan fingerprint density at radius 3 is 3.05 bits per heavy atom. The molecule has 0 radical (unpaired) electrons. The number of carboxylic acid groups (broad SMARTS) is 1. The number of nitrogens with zero attached hydrogens (tertiary/aromatic N) is 4. The fraction of sp³-hybridized carbons (Fsp3) is 0.571. The molecule has 106 valence electrons. The molecule has 0 aliphatic carbocycles. The molecule has 0 bridgehead atoms. The average Bonchev–Trinajstić information content (AvgIpc) is 2.44. The SMILES string of the molecule is Cc1cc(C#N)nc(N2CCCCC2CCC(=O)O)n1. The first-order chi connectivity index (χ1) is 9.60. The van der Waals surface area contributed by atoms with Gasteiger partial charge in [-0.15, -0.1) is 0 Å². The number of carbonyl (C=O) groups is 1. The average molecular weight is 274 g/mol. The second-order valence-electron chi connectivity index (χ2n) is 5.08. The van der Waals surface area contributed by atoms with Crippen LogP contribution in [0.4, 0.5) is 5.95 Å². The van der Waals surface area contributed by atoms with E-state index in [1.54, 1.807) is 6.07 Å². The van der Waals surface area contributed by atoms with Crippen LogP contribution in [0.15, 0.2) is 6.07 Å². The highest BCUT2D eigenvalue weighted by Gasteiger charge is 2.25. The Morgan fingerprint density at radius 2 is 2.35 bits per heavy atom. The molecule has 1 unspecified atom stereocenters. The molecule has 0 aromatic carbocycles. The smallest absolute Gasteiger partial charge is 0.303 e. The van der Waals surface area contributed by atoms with Gasteiger partial charge in [0.25, 0.3) is 0 Å². The van der Waals surface area contributed by atoms with Gasteiger partial charge in [0.05, 0.1) is 0 Å². The molecule has 6 nitrogen and oxygen atoms in total. The molecule has 0 saturated carbocycles. The lowest BCUT2D eigenvalue weighted by Crippen LogP contribution is -2.41. The van der Waals surface area contributed by atoms with Gasteiger partial charge in [0.1, 0.15) is 11.8 Å². The van der Waals surface area contributed by atoms with Crippen molar-refractivity contribution in [2.75, 3.05) is 11.4 Å². The lowest BCUT2D eigenvalue weighted by atomic mass is 9.98. The molecule has 0 spiro atoms. The summed E-state index contributed by atoms with van der Waals surface area (Å²) < 4.78 is 0. The van der Waals surface area contributed by atoms with Gasteiger partial charge in [-0.2, -0.15) is 5.26 Å². The van der Waals surface area contributed by atoms with Gasteiger partial charge in [-0.3, -0.25) is 4.79 Å². The molecule has 6 heteroatoms. The van der Waals surface area contributed by atoms with E-state index < -0.39 is 5.97 Å². The fourth-order valence-electron chi connectivity index (χ4n) is 2.59. The van der Waals surface area contributed by atoms with Crippen molar-refractivity contribution in [2.45, 2.75) is 45.1 Å². The van der Waals surface area contributed by atoms with Crippen LogP contribution in [0.25, 0.3) is 0 Å². The van der Waals surface area contributed by atoms with Gasteiger partial charge < -0.3 is 10.0 Å². The Balaban J connectivity index is 2.21. The number of aliphatic carboxylic acids is 1. The maximum Gasteiger partial charge on any atom is 0.303 e. The van der Waals surface area contributed by atoms with Gasteiger partial charge >= 0.3 is 5.97 Å². The molecule has 1 aliphatic heterocycles. The van der Waals surface area contributed by atoms with Gasteiger partial charge in [0.15, 0.2) is 0 Å². The van der Waals surface area contributed by atoms with Crippen LogP contribution in [-0.4, -0.2) is 33.6 Å². The third-order valence-electron chi connectivity index (χ3n) is 3.53. The third kappa shape index (κ3) is 3.44. The summed E-state index contributed by atoms with van der Waals surface area (Å²) in [5.74, 6) is -0.227. The molecule has 1 fully saturated rings. The van der Waals surface area contributed by atoms with Gasteiger partial charge in [-0.1, -0.05) is 0 Å². The Labute approximate surface area is 118 Å². The fourth-order valence-corrected chi connectivity index (χ4v) is 2.59.